The SMILES string of the molecule is C#CCOC(=O)[C@@H](C)Oc1ccc(Oc2ncc(F)cc2Cl)cc1. The van der Waals surface area contributed by atoms with Gasteiger partial charge >= 0.3 is 5.97 Å². The molecule has 1 aromatic carbocycles. The van der Waals surface area contributed by atoms with Crippen molar-refractivity contribution in [3.05, 3.63) is 47.4 Å². The van der Waals surface area contributed by atoms with Crippen LogP contribution in [0.15, 0.2) is 36.5 Å². The number of carbonyl (C=O) groups excluding carboxylic acids is 1. The van der Waals surface area contributed by atoms with Gasteiger partial charge in [-0.25, -0.2) is 14.2 Å². The summed E-state index contributed by atoms with van der Waals surface area (Å²) in [6.07, 6.45) is 5.21. The van der Waals surface area contributed by atoms with E-state index >= 15 is 0 Å². The summed E-state index contributed by atoms with van der Waals surface area (Å²) in [5, 5.41) is 0.0557. The van der Waals surface area contributed by atoms with Crippen molar-refractivity contribution in [2.45, 2.75) is 13.0 Å². The molecule has 0 saturated carbocycles. The maximum Gasteiger partial charge on any atom is 0.347 e. The van der Waals surface area contributed by atoms with Gasteiger partial charge in [0.1, 0.15) is 22.3 Å². The van der Waals surface area contributed by atoms with Crippen LogP contribution in [0.4, 0.5) is 4.39 Å². The van der Waals surface area contributed by atoms with E-state index in [-0.39, 0.29) is 17.5 Å². The van der Waals surface area contributed by atoms with Crippen molar-refractivity contribution < 1.29 is 23.4 Å². The van der Waals surface area contributed by atoms with Gasteiger partial charge in [-0.15, -0.1) is 6.42 Å². The van der Waals surface area contributed by atoms with E-state index in [1.807, 2.05) is 0 Å². The highest BCUT2D eigenvalue weighted by molar-refractivity contribution is 6.31. The molecule has 5 nitrogen and oxygen atoms in total. The molecule has 0 spiro atoms. The van der Waals surface area contributed by atoms with Crippen molar-refractivity contribution in [1.82, 2.24) is 4.98 Å². The van der Waals surface area contributed by atoms with Crippen LogP contribution in [0.1, 0.15) is 6.92 Å². The van der Waals surface area contributed by atoms with Gasteiger partial charge in [0.2, 0.25) is 5.88 Å². The Bertz CT molecular complexity index is 758. The normalized spacial score (nSPS) is 11.2. The van der Waals surface area contributed by atoms with E-state index in [1.54, 1.807) is 31.2 Å². The molecule has 0 aliphatic rings. The first-order chi connectivity index (χ1) is 11.5. The summed E-state index contributed by atoms with van der Waals surface area (Å²) in [5.41, 5.74) is 0. The second-order valence-corrected chi connectivity index (χ2v) is 4.99. The van der Waals surface area contributed by atoms with Gasteiger partial charge in [0.25, 0.3) is 0 Å². The van der Waals surface area contributed by atoms with Gasteiger partial charge in [-0.05, 0) is 37.3 Å². The van der Waals surface area contributed by atoms with Crippen LogP contribution >= 0.6 is 11.6 Å². The zero-order chi connectivity index (χ0) is 17.5. The maximum absolute atomic E-state index is 12.9. The van der Waals surface area contributed by atoms with Crippen molar-refractivity contribution in [2.24, 2.45) is 0 Å². The molecule has 0 fully saturated rings. The van der Waals surface area contributed by atoms with Crippen LogP contribution in [-0.4, -0.2) is 23.7 Å². The van der Waals surface area contributed by atoms with Gasteiger partial charge in [0.15, 0.2) is 12.7 Å². The standard InChI is InChI=1S/C17H13ClFNO4/c1-3-8-22-17(21)11(2)23-13-4-6-14(7-5-13)24-16-15(18)9-12(19)10-20-16/h1,4-7,9-11H,8H2,2H3/t11-/m1/s1. The molecule has 0 radical (unpaired) electrons. The number of pyridine rings is 1. The van der Waals surface area contributed by atoms with E-state index in [0.29, 0.717) is 11.5 Å². The predicted molar refractivity (Wildman–Crippen MR) is 85.6 cm³/mol. The molecule has 1 atom stereocenters. The highest BCUT2D eigenvalue weighted by atomic mass is 35.5. The van der Waals surface area contributed by atoms with E-state index < -0.39 is 17.9 Å². The highest BCUT2D eigenvalue weighted by Crippen LogP contribution is 2.28. The number of aromatic nitrogens is 1. The Balaban J connectivity index is 1.98. The Hall–Kier alpha value is -2.78. The molecule has 1 aromatic heterocycles. The molecule has 0 aliphatic heterocycles. The van der Waals surface area contributed by atoms with Crippen LogP contribution in [0, 0.1) is 18.2 Å². The third kappa shape index (κ3) is 4.86. The van der Waals surface area contributed by atoms with Gasteiger partial charge in [0.05, 0.1) is 6.20 Å². The van der Waals surface area contributed by atoms with Gasteiger partial charge < -0.3 is 14.2 Å². The number of terminal acetylenes is 1. The fraction of sp³-hybridized carbons (Fsp3) is 0.176. The van der Waals surface area contributed by atoms with Crippen LogP contribution in [0.5, 0.6) is 17.4 Å². The number of hydrogen-bond acceptors (Lipinski definition) is 5. The third-order valence-electron chi connectivity index (χ3n) is 2.75. The van der Waals surface area contributed by atoms with Gasteiger partial charge in [-0.1, -0.05) is 17.5 Å². The summed E-state index contributed by atoms with van der Waals surface area (Å²) in [6, 6.07) is 7.48. The van der Waals surface area contributed by atoms with E-state index in [2.05, 4.69) is 10.9 Å². The Kier molecular flexibility index (Phi) is 5.99. The summed E-state index contributed by atoms with van der Waals surface area (Å²) in [6.45, 7) is 1.44. The average Bonchev–Trinajstić information content (AvgIpc) is 2.56. The predicted octanol–water partition coefficient (Wildman–Crippen LogP) is 3.61. The molecule has 24 heavy (non-hydrogen) atoms. The number of carbonyl (C=O) groups is 1. The average molecular weight is 350 g/mol. The fourth-order valence-corrected chi connectivity index (χ4v) is 1.85. The smallest absolute Gasteiger partial charge is 0.347 e. The summed E-state index contributed by atoms with van der Waals surface area (Å²) in [4.78, 5) is 15.3. The molecule has 0 aliphatic carbocycles. The Morgan fingerprint density at radius 3 is 2.67 bits per heavy atom. The van der Waals surface area contributed by atoms with Gasteiger partial charge in [-0.2, -0.15) is 0 Å². The van der Waals surface area contributed by atoms with Crippen molar-refractivity contribution in [3.8, 4) is 29.7 Å². The summed E-state index contributed by atoms with van der Waals surface area (Å²) in [5.74, 6) is 2.03. The molecule has 0 saturated heterocycles. The molecule has 0 bridgehead atoms. The number of ether oxygens (including phenoxy) is 3. The fourth-order valence-electron chi connectivity index (χ4n) is 1.66. The lowest BCUT2D eigenvalue weighted by Gasteiger charge is -2.13. The first-order valence-corrected chi connectivity index (χ1v) is 7.23. The zero-order valence-electron chi connectivity index (χ0n) is 12.7. The van der Waals surface area contributed by atoms with Crippen LogP contribution in [0.3, 0.4) is 0 Å². The van der Waals surface area contributed by atoms with Crippen LogP contribution in [0.2, 0.25) is 5.02 Å². The number of hydrogen-bond donors (Lipinski definition) is 0. The third-order valence-corrected chi connectivity index (χ3v) is 3.03. The lowest BCUT2D eigenvalue weighted by atomic mass is 10.3. The molecule has 0 unspecified atom stereocenters. The number of rotatable bonds is 6. The molecular formula is C17H13ClFNO4. The second kappa shape index (κ2) is 8.18. The monoisotopic (exact) mass is 349 g/mol. The van der Waals surface area contributed by atoms with Crippen LogP contribution < -0.4 is 9.47 Å². The summed E-state index contributed by atoms with van der Waals surface area (Å²) < 4.78 is 28.6. The Labute approximate surface area is 143 Å². The first-order valence-electron chi connectivity index (χ1n) is 6.85. The zero-order valence-corrected chi connectivity index (χ0v) is 13.4. The molecule has 7 heteroatoms. The summed E-state index contributed by atoms with van der Waals surface area (Å²) in [7, 11) is 0. The number of esters is 1. The van der Waals surface area contributed by atoms with Crippen molar-refractivity contribution >= 4 is 17.6 Å². The molecule has 124 valence electrons. The highest BCUT2D eigenvalue weighted by Gasteiger charge is 2.16. The van der Waals surface area contributed by atoms with Crippen LogP contribution in [0.25, 0.3) is 0 Å². The second-order valence-electron chi connectivity index (χ2n) is 4.59. The number of halogens is 2. The molecule has 0 N–H and O–H groups in total. The number of nitrogens with zero attached hydrogens (tertiary/aromatic N) is 1. The summed E-state index contributed by atoms with van der Waals surface area (Å²) >= 11 is 5.84. The van der Waals surface area contributed by atoms with Crippen molar-refractivity contribution in [1.29, 1.82) is 0 Å². The van der Waals surface area contributed by atoms with Crippen molar-refractivity contribution in [3.63, 3.8) is 0 Å². The minimum Gasteiger partial charge on any atom is -0.479 e. The first kappa shape index (κ1) is 17.6. The molecule has 2 rings (SSSR count). The molecule has 0 amide bonds. The molecule has 2 aromatic rings. The molecule has 1 heterocycles. The molecular weight excluding hydrogens is 337 g/mol. The van der Waals surface area contributed by atoms with E-state index in [9.17, 15) is 9.18 Å². The number of benzene rings is 1. The minimum atomic E-state index is -0.807. The maximum atomic E-state index is 12.9. The van der Waals surface area contributed by atoms with E-state index in [1.165, 1.54) is 0 Å². The lowest BCUT2D eigenvalue weighted by Crippen LogP contribution is -2.26. The quantitative estimate of drug-likeness (QED) is 0.589. The lowest BCUT2D eigenvalue weighted by molar-refractivity contribution is -0.149. The Morgan fingerprint density at radius 1 is 1.38 bits per heavy atom. The topological polar surface area (TPSA) is 57.7 Å². The minimum absolute atomic E-state index is 0.0557. The largest absolute Gasteiger partial charge is 0.479 e. The van der Waals surface area contributed by atoms with Gasteiger partial charge in [-0.3, -0.25) is 0 Å². The van der Waals surface area contributed by atoms with Crippen LogP contribution in [-0.2, 0) is 9.53 Å². The Morgan fingerprint density at radius 2 is 2.04 bits per heavy atom. The van der Waals surface area contributed by atoms with Crippen molar-refractivity contribution in [2.75, 3.05) is 6.61 Å². The van der Waals surface area contributed by atoms with E-state index in [0.717, 1.165) is 12.3 Å². The van der Waals surface area contributed by atoms with Gasteiger partial charge in [0, 0.05) is 0 Å². The van der Waals surface area contributed by atoms with E-state index in [4.69, 9.17) is 32.2 Å².